The average Bonchev–Trinajstić information content (AvgIpc) is 3.06. The van der Waals surface area contributed by atoms with Gasteiger partial charge in [-0.1, -0.05) is 23.9 Å². The van der Waals surface area contributed by atoms with Gasteiger partial charge >= 0.3 is 0 Å². The summed E-state index contributed by atoms with van der Waals surface area (Å²) >= 11 is 1.31. The van der Waals surface area contributed by atoms with Crippen LogP contribution in [0.5, 0.6) is 0 Å². The first-order valence-corrected chi connectivity index (χ1v) is 8.63. The zero-order valence-electron chi connectivity index (χ0n) is 13.8. The lowest BCUT2D eigenvalue weighted by Crippen LogP contribution is -2.14. The zero-order valence-corrected chi connectivity index (χ0v) is 14.6. The number of thioether (sulfide) groups is 1. The molecule has 1 amide bonds. The number of nitrogens with zero attached hydrogens (tertiary/aromatic N) is 4. The number of carbonyl (C=O) groups is 1. The minimum Gasteiger partial charge on any atom is -0.325 e. The van der Waals surface area contributed by atoms with Gasteiger partial charge in [0.1, 0.15) is 6.33 Å². The van der Waals surface area contributed by atoms with Crippen LogP contribution in [0.4, 0.5) is 11.4 Å². The van der Waals surface area contributed by atoms with Crippen LogP contribution in [0.3, 0.4) is 0 Å². The van der Waals surface area contributed by atoms with E-state index in [1.807, 2.05) is 19.2 Å². The fraction of sp³-hybridized carbons (Fsp3) is 0.118. The molecule has 0 aliphatic rings. The number of hydrogen-bond acceptors (Lipinski definition) is 6. The third-order valence-corrected chi connectivity index (χ3v) is 4.62. The first-order chi connectivity index (χ1) is 12.5. The maximum Gasteiger partial charge on any atom is 0.269 e. The zero-order chi connectivity index (χ0) is 18.5. The molecule has 0 spiro atoms. The molecule has 0 radical (unpaired) electrons. The van der Waals surface area contributed by atoms with Crippen molar-refractivity contribution in [1.29, 1.82) is 0 Å². The van der Waals surface area contributed by atoms with Crippen molar-refractivity contribution >= 4 is 29.0 Å². The van der Waals surface area contributed by atoms with Crippen molar-refractivity contribution in [3.05, 3.63) is 65.0 Å². The highest BCUT2D eigenvalue weighted by molar-refractivity contribution is 7.99. The Balaban J connectivity index is 1.59. The first-order valence-electron chi connectivity index (χ1n) is 7.64. The Morgan fingerprint density at radius 3 is 2.31 bits per heavy atom. The van der Waals surface area contributed by atoms with E-state index in [1.165, 1.54) is 23.9 Å². The second-order valence-corrected chi connectivity index (χ2v) is 6.39. The number of non-ortho nitro benzene ring substituents is 1. The Morgan fingerprint density at radius 2 is 1.77 bits per heavy atom. The van der Waals surface area contributed by atoms with Crippen LogP contribution in [-0.2, 0) is 11.8 Å². The van der Waals surface area contributed by atoms with Gasteiger partial charge in [-0.3, -0.25) is 14.9 Å². The van der Waals surface area contributed by atoms with E-state index < -0.39 is 4.92 Å². The van der Waals surface area contributed by atoms with Gasteiger partial charge in [0.25, 0.3) is 5.69 Å². The molecule has 0 saturated heterocycles. The Kier molecular flexibility index (Phi) is 5.28. The van der Waals surface area contributed by atoms with Gasteiger partial charge in [0, 0.05) is 24.9 Å². The van der Waals surface area contributed by atoms with E-state index >= 15 is 0 Å². The Bertz CT molecular complexity index is 922. The van der Waals surface area contributed by atoms with Crippen LogP contribution in [-0.4, -0.2) is 31.3 Å². The Labute approximate surface area is 153 Å². The first kappa shape index (κ1) is 17.6. The van der Waals surface area contributed by atoms with Crippen molar-refractivity contribution in [2.45, 2.75) is 5.16 Å². The summed E-state index contributed by atoms with van der Waals surface area (Å²) in [5.74, 6) is 0.0949. The molecule has 0 atom stereocenters. The maximum atomic E-state index is 12.0. The van der Waals surface area contributed by atoms with Crippen LogP contribution >= 0.6 is 11.8 Å². The number of benzene rings is 2. The molecular formula is C17H15N5O3S. The van der Waals surface area contributed by atoms with E-state index in [1.54, 1.807) is 35.2 Å². The number of nitrogens with one attached hydrogen (secondary N) is 1. The normalized spacial score (nSPS) is 10.5. The summed E-state index contributed by atoms with van der Waals surface area (Å²) in [7, 11) is 1.82. The number of nitro groups is 1. The molecule has 1 aromatic heterocycles. The summed E-state index contributed by atoms with van der Waals surface area (Å²) in [4.78, 5) is 22.3. The van der Waals surface area contributed by atoms with E-state index in [-0.39, 0.29) is 17.3 Å². The van der Waals surface area contributed by atoms with E-state index in [2.05, 4.69) is 15.5 Å². The minimum atomic E-state index is -0.429. The Morgan fingerprint density at radius 1 is 1.15 bits per heavy atom. The lowest BCUT2D eigenvalue weighted by Gasteiger charge is -2.07. The molecule has 0 unspecified atom stereocenters. The fourth-order valence-electron chi connectivity index (χ4n) is 2.25. The van der Waals surface area contributed by atoms with E-state index in [9.17, 15) is 14.9 Å². The molecule has 0 bridgehead atoms. The molecule has 132 valence electrons. The van der Waals surface area contributed by atoms with Gasteiger partial charge in [0.05, 0.1) is 10.7 Å². The van der Waals surface area contributed by atoms with Crippen molar-refractivity contribution in [2.24, 2.45) is 7.05 Å². The quantitative estimate of drug-likeness (QED) is 0.407. The van der Waals surface area contributed by atoms with Crippen molar-refractivity contribution in [1.82, 2.24) is 14.8 Å². The molecule has 0 fully saturated rings. The highest BCUT2D eigenvalue weighted by Gasteiger charge is 2.08. The summed E-state index contributed by atoms with van der Waals surface area (Å²) in [6.45, 7) is 0. The van der Waals surface area contributed by atoms with Crippen molar-refractivity contribution < 1.29 is 9.72 Å². The molecule has 0 aliphatic carbocycles. The molecule has 3 rings (SSSR count). The third-order valence-electron chi connectivity index (χ3n) is 3.58. The number of nitro benzene ring substituents is 1. The molecule has 0 saturated carbocycles. The molecule has 26 heavy (non-hydrogen) atoms. The predicted molar refractivity (Wildman–Crippen MR) is 98.9 cm³/mol. The van der Waals surface area contributed by atoms with Crippen LogP contribution in [0.25, 0.3) is 11.1 Å². The highest BCUT2D eigenvalue weighted by atomic mass is 32.2. The summed E-state index contributed by atoms with van der Waals surface area (Å²) in [5, 5.41) is 21.9. The van der Waals surface area contributed by atoms with Crippen LogP contribution in [0.1, 0.15) is 0 Å². The highest BCUT2D eigenvalue weighted by Crippen LogP contribution is 2.24. The number of aryl methyl sites for hydroxylation is 1. The molecule has 9 heteroatoms. The Hall–Kier alpha value is -3.20. The van der Waals surface area contributed by atoms with Gasteiger partial charge in [0.15, 0.2) is 5.16 Å². The molecule has 3 aromatic rings. The van der Waals surface area contributed by atoms with Crippen molar-refractivity contribution in [3.8, 4) is 11.1 Å². The monoisotopic (exact) mass is 369 g/mol. The van der Waals surface area contributed by atoms with Gasteiger partial charge in [-0.25, -0.2) is 0 Å². The molecule has 1 heterocycles. The summed E-state index contributed by atoms with van der Waals surface area (Å²) in [5.41, 5.74) is 2.51. The van der Waals surface area contributed by atoms with Gasteiger partial charge in [-0.05, 0) is 35.4 Å². The summed E-state index contributed by atoms with van der Waals surface area (Å²) < 4.78 is 1.75. The van der Waals surface area contributed by atoms with Gasteiger partial charge in [0.2, 0.25) is 5.91 Å². The number of hydrogen-bond donors (Lipinski definition) is 1. The van der Waals surface area contributed by atoms with Crippen LogP contribution in [0.2, 0.25) is 0 Å². The fourth-order valence-corrected chi connectivity index (χ4v) is 2.94. The predicted octanol–water partition coefficient (Wildman–Crippen LogP) is 3.12. The SMILES string of the molecule is Cn1cnnc1SCC(=O)Nc1ccc(-c2ccc([N+](=O)[O-])cc2)cc1. The maximum absolute atomic E-state index is 12.0. The van der Waals surface area contributed by atoms with Crippen LogP contribution < -0.4 is 5.32 Å². The smallest absolute Gasteiger partial charge is 0.269 e. The van der Waals surface area contributed by atoms with Gasteiger partial charge < -0.3 is 9.88 Å². The van der Waals surface area contributed by atoms with Crippen LogP contribution in [0.15, 0.2) is 60.0 Å². The number of amides is 1. The van der Waals surface area contributed by atoms with Gasteiger partial charge in [-0.15, -0.1) is 10.2 Å². The molecule has 8 nitrogen and oxygen atoms in total. The number of aromatic nitrogens is 3. The standard InChI is InChI=1S/C17H15N5O3S/c1-21-11-18-20-17(21)26-10-16(23)19-14-6-2-12(3-7-14)13-4-8-15(9-5-13)22(24)25/h2-9,11H,10H2,1H3,(H,19,23). The summed E-state index contributed by atoms with van der Waals surface area (Å²) in [6, 6.07) is 13.6. The third kappa shape index (κ3) is 4.25. The van der Waals surface area contributed by atoms with E-state index in [0.717, 1.165) is 11.1 Å². The number of carbonyl (C=O) groups excluding carboxylic acids is 1. The largest absolute Gasteiger partial charge is 0.325 e. The number of rotatable bonds is 6. The average molecular weight is 369 g/mol. The molecular weight excluding hydrogens is 354 g/mol. The second-order valence-electron chi connectivity index (χ2n) is 5.44. The number of anilines is 1. The van der Waals surface area contributed by atoms with Gasteiger partial charge in [-0.2, -0.15) is 0 Å². The summed E-state index contributed by atoms with van der Waals surface area (Å²) in [6.07, 6.45) is 1.58. The molecule has 0 aliphatic heterocycles. The second kappa shape index (κ2) is 7.79. The lowest BCUT2D eigenvalue weighted by molar-refractivity contribution is -0.384. The van der Waals surface area contributed by atoms with Crippen LogP contribution in [0, 0.1) is 10.1 Å². The van der Waals surface area contributed by atoms with E-state index in [0.29, 0.717) is 10.8 Å². The molecule has 2 aromatic carbocycles. The lowest BCUT2D eigenvalue weighted by atomic mass is 10.1. The van der Waals surface area contributed by atoms with Crippen molar-refractivity contribution in [3.63, 3.8) is 0 Å². The topological polar surface area (TPSA) is 103 Å². The minimum absolute atomic E-state index is 0.0537. The van der Waals surface area contributed by atoms with Crippen molar-refractivity contribution in [2.75, 3.05) is 11.1 Å². The van der Waals surface area contributed by atoms with E-state index in [4.69, 9.17) is 0 Å². The molecule has 1 N–H and O–H groups in total.